The SMILES string of the molecule is CCOc1ccc(-n2cccc2[C@@H]2[C@H](c3ccccn3)NC(=S)N2c2ccc(NC(C)=O)cc2)cc1. The first-order valence-corrected chi connectivity index (χ1v) is 12.2. The fourth-order valence-electron chi connectivity index (χ4n) is 4.58. The van der Waals surface area contributed by atoms with E-state index in [0.29, 0.717) is 11.7 Å². The molecule has 1 saturated heterocycles. The molecule has 4 aromatic rings. The average molecular weight is 498 g/mol. The number of anilines is 2. The van der Waals surface area contributed by atoms with E-state index in [2.05, 4.69) is 49.5 Å². The van der Waals surface area contributed by atoms with Gasteiger partial charge in [-0.3, -0.25) is 9.78 Å². The van der Waals surface area contributed by atoms with E-state index < -0.39 is 0 Å². The molecule has 0 aliphatic carbocycles. The van der Waals surface area contributed by atoms with Crippen LogP contribution in [0, 0.1) is 0 Å². The van der Waals surface area contributed by atoms with Crippen molar-refractivity contribution >= 4 is 34.6 Å². The molecule has 2 N–H and O–H groups in total. The van der Waals surface area contributed by atoms with Gasteiger partial charge in [-0.05, 0) is 91.9 Å². The molecule has 3 heterocycles. The first-order valence-electron chi connectivity index (χ1n) is 11.8. The molecule has 5 rings (SSSR count). The Labute approximate surface area is 215 Å². The van der Waals surface area contributed by atoms with Crippen molar-refractivity contribution in [3.05, 3.63) is 103 Å². The van der Waals surface area contributed by atoms with Crippen molar-refractivity contribution in [2.75, 3.05) is 16.8 Å². The highest BCUT2D eigenvalue weighted by atomic mass is 32.1. The summed E-state index contributed by atoms with van der Waals surface area (Å²) in [7, 11) is 0. The third-order valence-corrected chi connectivity index (χ3v) is 6.39. The summed E-state index contributed by atoms with van der Waals surface area (Å²) < 4.78 is 7.80. The van der Waals surface area contributed by atoms with E-state index >= 15 is 0 Å². The van der Waals surface area contributed by atoms with Crippen molar-refractivity contribution in [3.63, 3.8) is 0 Å². The van der Waals surface area contributed by atoms with Crippen LogP contribution in [0.1, 0.15) is 37.3 Å². The van der Waals surface area contributed by atoms with Crippen LogP contribution in [0.4, 0.5) is 11.4 Å². The molecule has 1 amide bonds. The maximum Gasteiger partial charge on any atom is 0.221 e. The lowest BCUT2D eigenvalue weighted by Gasteiger charge is -2.29. The summed E-state index contributed by atoms with van der Waals surface area (Å²) in [5.74, 6) is 0.730. The normalized spacial score (nSPS) is 17.1. The van der Waals surface area contributed by atoms with Gasteiger partial charge in [0.1, 0.15) is 11.8 Å². The van der Waals surface area contributed by atoms with Gasteiger partial charge in [-0.15, -0.1) is 0 Å². The van der Waals surface area contributed by atoms with E-state index in [9.17, 15) is 4.79 Å². The van der Waals surface area contributed by atoms with Gasteiger partial charge in [0.25, 0.3) is 0 Å². The van der Waals surface area contributed by atoms with Gasteiger partial charge in [0.2, 0.25) is 5.91 Å². The molecule has 0 saturated carbocycles. The van der Waals surface area contributed by atoms with Gasteiger partial charge >= 0.3 is 0 Å². The third kappa shape index (κ3) is 4.67. The number of pyridine rings is 1. The molecule has 2 aromatic carbocycles. The van der Waals surface area contributed by atoms with Crippen molar-refractivity contribution in [2.24, 2.45) is 0 Å². The molecule has 36 heavy (non-hydrogen) atoms. The van der Waals surface area contributed by atoms with Gasteiger partial charge in [0.05, 0.1) is 18.3 Å². The molecule has 2 aromatic heterocycles. The fourth-order valence-corrected chi connectivity index (χ4v) is 4.93. The molecule has 8 heteroatoms. The molecular formula is C28H27N5O2S. The quantitative estimate of drug-likeness (QED) is 0.333. The lowest BCUT2D eigenvalue weighted by Crippen LogP contribution is -2.30. The molecular weight excluding hydrogens is 470 g/mol. The number of amides is 1. The standard InChI is InChI=1S/C28H27N5O2S/c1-3-35-23-15-13-21(14-16-23)32-18-6-8-25(32)27-26(24-7-4-5-17-29-24)31-28(36)33(27)22-11-9-20(10-12-22)30-19(2)34/h4-18,26-27H,3H2,1-2H3,(H,30,34)(H,31,36)/t26-,27+/m0/s1. The largest absolute Gasteiger partial charge is 0.494 e. The molecule has 0 unspecified atom stereocenters. The van der Waals surface area contributed by atoms with Crippen LogP contribution in [0.25, 0.3) is 5.69 Å². The van der Waals surface area contributed by atoms with Crippen LogP contribution in [0.3, 0.4) is 0 Å². The van der Waals surface area contributed by atoms with Crippen LogP contribution in [-0.2, 0) is 4.79 Å². The number of hydrogen-bond acceptors (Lipinski definition) is 4. The van der Waals surface area contributed by atoms with Gasteiger partial charge in [-0.1, -0.05) is 6.07 Å². The topological polar surface area (TPSA) is 71.4 Å². The number of aromatic nitrogens is 2. The Morgan fingerprint density at radius 1 is 1.03 bits per heavy atom. The van der Waals surface area contributed by atoms with E-state index in [1.165, 1.54) is 6.92 Å². The zero-order valence-corrected chi connectivity index (χ0v) is 20.9. The smallest absolute Gasteiger partial charge is 0.221 e. The van der Waals surface area contributed by atoms with Crippen LogP contribution in [0.2, 0.25) is 0 Å². The Balaban J connectivity index is 1.58. The van der Waals surface area contributed by atoms with Crippen LogP contribution < -0.4 is 20.3 Å². The number of ether oxygens (including phenoxy) is 1. The summed E-state index contributed by atoms with van der Waals surface area (Å²) in [6, 6.07) is 25.5. The van der Waals surface area contributed by atoms with Crippen LogP contribution >= 0.6 is 12.2 Å². The van der Waals surface area contributed by atoms with Gasteiger partial charge in [-0.2, -0.15) is 0 Å². The molecule has 2 atom stereocenters. The van der Waals surface area contributed by atoms with E-state index in [0.717, 1.165) is 34.2 Å². The second-order valence-electron chi connectivity index (χ2n) is 8.45. The lowest BCUT2D eigenvalue weighted by atomic mass is 10.0. The number of rotatable bonds is 7. The Bertz CT molecular complexity index is 1350. The predicted octanol–water partition coefficient (Wildman–Crippen LogP) is 5.41. The Morgan fingerprint density at radius 2 is 1.78 bits per heavy atom. The van der Waals surface area contributed by atoms with E-state index in [1.807, 2.05) is 67.6 Å². The van der Waals surface area contributed by atoms with Crippen molar-refractivity contribution in [3.8, 4) is 11.4 Å². The van der Waals surface area contributed by atoms with Gasteiger partial charge < -0.3 is 24.8 Å². The Hall–Kier alpha value is -4.17. The minimum Gasteiger partial charge on any atom is -0.494 e. The highest BCUT2D eigenvalue weighted by Crippen LogP contribution is 2.42. The molecule has 1 aliphatic rings. The van der Waals surface area contributed by atoms with Gasteiger partial charge in [0, 0.05) is 42.1 Å². The number of hydrogen-bond donors (Lipinski definition) is 2. The number of carbonyl (C=O) groups excluding carboxylic acids is 1. The number of nitrogens with zero attached hydrogens (tertiary/aromatic N) is 3. The second kappa shape index (κ2) is 10.2. The average Bonchev–Trinajstić information content (AvgIpc) is 3.50. The first kappa shape index (κ1) is 23.6. The summed E-state index contributed by atoms with van der Waals surface area (Å²) in [5, 5.41) is 6.93. The molecule has 1 fully saturated rings. The summed E-state index contributed by atoms with van der Waals surface area (Å²) in [5.41, 5.74) is 4.65. The first-order chi connectivity index (χ1) is 17.5. The van der Waals surface area contributed by atoms with Crippen molar-refractivity contribution in [1.29, 1.82) is 0 Å². The van der Waals surface area contributed by atoms with Crippen molar-refractivity contribution in [2.45, 2.75) is 25.9 Å². The van der Waals surface area contributed by atoms with Crippen molar-refractivity contribution < 1.29 is 9.53 Å². The van der Waals surface area contributed by atoms with Crippen LogP contribution in [0.5, 0.6) is 5.75 Å². The summed E-state index contributed by atoms with van der Waals surface area (Å²) in [6.07, 6.45) is 3.85. The number of thiocarbonyl (C=S) groups is 1. The zero-order valence-electron chi connectivity index (χ0n) is 20.1. The predicted molar refractivity (Wildman–Crippen MR) is 146 cm³/mol. The van der Waals surface area contributed by atoms with Crippen molar-refractivity contribution in [1.82, 2.24) is 14.9 Å². The number of benzene rings is 2. The van der Waals surface area contributed by atoms with Crippen LogP contribution in [-0.4, -0.2) is 27.2 Å². The zero-order chi connectivity index (χ0) is 25.1. The van der Waals surface area contributed by atoms with Crippen LogP contribution in [0.15, 0.2) is 91.3 Å². The van der Waals surface area contributed by atoms with Gasteiger partial charge in [-0.25, -0.2) is 0 Å². The number of carbonyl (C=O) groups is 1. The summed E-state index contributed by atoms with van der Waals surface area (Å²) in [4.78, 5) is 18.2. The monoisotopic (exact) mass is 497 g/mol. The molecule has 0 bridgehead atoms. The lowest BCUT2D eigenvalue weighted by molar-refractivity contribution is -0.114. The highest BCUT2D eigenvalue weighted by molar-refractivity contribution is 7.80. The maximum absolute atomic E-state index is 11.5. The fraction of sp³-hybridized carbons (Fsp3) is 0.179. The summed E-state index contributed by atoms with van der Waals surface area (Å²) >= 11 is 5.85. The van der Waals surface area contributed by atoms with E-state index in [1.54, 1.807) is 6.20 Å². The highest BCUT2D eigenvalue weighted by Gasteiger charge is 2.42. The molecule has 0 radical (unpaired) electrons. The maximum atomic E-state index is 11.5. The molecule has 0 spiro atoms. The number of nitrogens with one attached hydrogen (secondary N) is 2. The Morgan fingerprint density at radius 3 is 2.44 bits per heavy atom. The van der Waals surface area contributed by atoms with Gasteiger partial charge in [0.15, 0.2) is 5.11 Å². The van der Waals surface area contributed by atoms with E-state index in [4.69, 9.17) is 17.0 Å². The second-order valence-corrected chi connectivity index (χ2v) is 8.84. The minimum atomic E-state index is -0.166. The summed E-state index contributed by atoms with van der Waals surface area (Å²) in [6.45, 7) is 4.10. The Kier molecular flexibility index (Phi) is 6.69. The third-order valence-electron chi connectivity index (χ3n) is 6.07. The van der Waals surface area contributed by atoms with E-state index in [-0.39, 0.29) is 18.0 Å². The molecule has 182 valence electrons. The molecule has 1 aliphatic heterocycles. The molecule has 7 nitrogen and oxygen atoms in total. The minimum absolute atomic E-state index is 0.109.